The summed E-state index contributed by atoms with van der Waals surface area (Å²) in [5.41, 5.74) is 2.55. The van der Waals surface area contributed by atoms with Gasteiger partial charge >= 0.3 is 18.9 Å². The van der Waals surface area contributed by atoms with Crippen molar-refractivity contribution < 1.29 is 18.9 Å². The molecule has 0 atom stereocenters. The van der Waals surface area contributed by atoms with Gasteiger partial charge in [0.25, 0.3) is 0 Å². The molecule has 14 heavy (non-hydrogen) atoms. The van der Waals surface area contributed by atoms with E-state index in [1.165, 1.54) is 11.1 Å². The molecule has 2 aromatic rings. The molecule has 0 nitrogen and oxygen atoms in total. The first-order valence-electron chi connectivity index (χ1n) is 4.07. The summed E-state index contributed by atoms with van der Waals surface area (Å²) < 4.78 is 0. The van der Waals surface area contributed by atoms with Gasteiger partial charge in [-0.3, -0.25) is 0 Å². The van der Waals surface area contributed by atoms with Crippen LogP contribution >= 0.6 is 0 Å². The van der Waals surface area contributed by atoms with Crippen LogP contribution in [-0.2, 0) is 0 Å². The molecule has 1 heteroatoms. The van der Waals surface area contributed by atoms with Gasteiger partial charge in [-0.25, -0.2) is 0 Å². The van der Waals surface area contributed by atoms with Gasteiger partial charge in [-0.1, -0.05) is 60.7 Å². The fourth-order valence-corrected chi connectivity index (χ4v) is 1.26. The summed E-state index contributed by atoms with van der Waals surface area (Å²) in [4.78, 5) is 0. The van der Waals surface area contributed by atoms with Crippen molar-refractivity contribution in [1.82, 2.24) is 0 Å². The van der Waals surface area contributed by atoms with Gasteiger partial charge in [0.05, 0.1) is 0 Å². The molecule has 66 valence electrons. The molecule has 0 N–H and O–H groups in total. The van der Waals surface area contributed by atoms with Crippen molar-refractivity contribution in [2.24, 2.45) is 0 Å². The van der Waals surface area contributed by atoms with Crippen LogP contribution in [0.4, 0.5) is 0 Å². The van der Waals surface area contributed by atoms with Crippen molar-refractivity contribution in [2.75, 3.05) is 0 Å². The Balaban J connectivity index is 0.000000845. The van der Waals surface area contributed by atoms with Gasteiger partial charge in [-0.2, -0.15) is 0 Å². The Morgan fingerprint density at radius 3 is 1.07 bits per heavy atom. The Morgan fingerprint density at radius 2 is 0.786 bits per heavy atom. The summed E-state index contributed by atoms with van der Waals surface area (Å²) in [6.07, 6.45) is 0. The molecule has 0 aliphatic heterocycles. The Labute approximate surface area is 98.2 Å². The van der Waals surface area contributed by atoms with E-state index in [0.717, 1.165) is 0 Å². The third-order valence-electron chi connectivity index (χ3n) is 1.88. The van der Waals surface area contributed by atoms with Crippen molar-refractivity contribution in [3.63, 3.8) is 0 Å². The van der Waals surface area contributed by atoms with Gasteiger partial charge in [0, 0.05) is 0 Å². The van der Waals surface area contributed by atoms with Crippen LogP contribution in [0.25, 0.3) is 11.1 Å². The van der Waals surface area contributed by atoms with Crippen LogP contribution in [0.5, 0.6) is 0 Å². The van der Waals surface area contributed by atoms with Gasteiger partial charge in [-0.05, 0) is 11.1 Å². The molecular weight excluding hydrogens is 163 g/mol. The first-order valence-corrected chi connectivity index (χ1v) is 4.07. The van der Waals surface area contributed by atoms with E-state index in [1.807, 2.05) is 12.1 Å². The van der Waals surface area contributed by atoms with E-state index in [2.05, 4.69) is 48.5 Å². The van der Waals surface area contributed by atoms with Crippen molar-refractivity contribution in [3.05, 3.63) is 68.1 Å². The molecule has 0 aliphatic rings. The Morgan fingerprint density at radius 1 is 0.500 bits per heavy atom. The Kier molecular flexibility index (Phi) is 6.04. The smallest absolute Gasteiger partial charge is 0.358 e. The Bertz CT molecular complexity index is 303. The Hall–Kier alpha value is -0.963. The van der Waals surface area contributed by atoms with E-state index in [0.29, 0.717) is 0 Å². The van der Waals surface area contributed by atoms with E-state index in [-0.39, 0.29) is 26.3 Å². The van der Waals surface area contributed by atoms with Crippen LogP contribution in [0, 0.1) is 7.43 Å². The maximum Gasteiger partial charge on any atom is 1.00 e. The fraction of sp³-hybridized carbons (Fsp3) is 0. The van der Waals surface area contributed by atoms with Gasteiger partial charge in [0.2, 0.25) is 0 Å². The summed E-state index contributed by atoms with van der Waals surface area (Å²) in [5.74, 6) is 0. The van der Waals surface area contributed by atoms with Crippen LogP contribution in [-0.4, -0.2) is 0 Å². The summed E-state index contributed by atoms with van der Waals surface area (Å²) in [6.45, 7) is 0. The molecule has 2 aromatic carbocycles. The molecule has 0 fully saturated rings. The third-order valence-corrected chi connectivity index (χ3v) is 1.88. The molecule has 0 radical (unpaired) electrons. The van der Waals surface area contributed by atoms with Gasteiger partial charge in [0.15, 0.2) is 0 Å². The molecule has 0 aliphatic carbocycles. The predicted octanol–water partition coefficient (Wildman–Crippen LogP) is 0.808. The number of hydrogen-bond donors (Lipinski definition) is 0. The maximum atomic E-state index is 2.12. The second kappa shape index (κ2) is 6.49. The maximum absolute atomic E-state index is 2.12. The van der Waals surface area contributed by atoms with Crippen LogP contribution in [0.15, 0.2) is 60.7 Å². The quantitative estimate of drug-likeness (QED) is 0.445. The molecule has 0 saturated carbocycles. The fourth-order valence-electron chi connectivity index (χ4n) is 1.26. The number of hydrogen-bond acceptors (Lipinski definition) is 0. The minimum absolute atomic E-state index is 0. The van der Waals surface area contributed by atoms with E-state index in [9.17, 15) is 0 Å². The monoisotopic (exact) mass is 176 g/mol. The van der Waals surface area contributed by atoms with Crippen LogP contribution in [0.3, 0.4) is 0 Å². The molecule has 0 spiro atoms. The van der Waals surface area contributed by atoms with E-state index in [1.54, 1.807) is 0 Å². The molecule has 0 aromatic heterocycles. The largest absolute Gasteiger partial charge is 1.00 e. The van der Waals surface area contributed by atoms with Crippen LogP contribution < -0.4 is 18.9 Å². The molecule has 0 unspecified atom stereocenters. The number of benzene rings is 2. The van der Waals surface area contributed by atoms with E-state index < -0.39 is 0 Å². The molecule has 0 amide bonds. The normalized spacial score (nSPS) is 8.29. The van der Waals surface area contributed by atoms with E-state index in [4.69, 9.17) is 0 Å². The summed E-state index contributed by atoms with van der Waals surface area (Å²) in [7, 11) is 0. The molecule has 0 bridgehead atoms. The first-order chi connectivity index (χ1) is 5.97. The van der Waals surface area contributed by atoms with Crippen LogP contribution in [0.2, 0.25) is 0 Å². The minimum Gasteiger partial charge on any atom is -0.358 e. The number of rotatable bonds is 1. The standard InChI is InChI=1S/C12H10.CH3.Li/c1-3-7-11(8-4-1)12-9-5-2-6-10-12;;/h1-10H;1H3;/q;-1;+1. The average Bonchev–Trinajstić information content (AvgIpc) is 2.21. The van der Waals surface area contributed by atoms with Crippen molar-refractivity contribution in [2.45, 2.75) is 0 Å². The van der Waals surface area contributed by atoms with Crippen LogP contribution in [0.1, 0.15) is 0 Å². The molecule has 2 rings (SSSR count). The summed E-state index contributed by atoms with van der Waals surface area (Å²) >= 11 is 0. The summed E-state index contributed by atoms with van der Waals surface area (Å²) in [6, 6.07) is 20.8. The molecule has 0 heterocycles. The minimum atomic E-state index is 0. The average molecular weight is 176 g/mol. The van der Waals surface area contributed by atoms with Crippen molar-refractivity contribution >= 4 is 0 Å². The van der Waals surface area contributed by atoms with Crippen molar-refractivity contribution in [3.8, 4) is 11.1 Å². The van der Waals surface area contributed by atoms with E-state index >= 15 is 0 Å². The van der Waals surface area contributed by atoms with Gasteiger partial charge in [-0.15, -0.1) is 0 Å². The van der Waals surface area contributed by atoms with Gasteiger partial charge < -0.3 is 7.43 Å². The third kappa shape index (κ3) is 3.07. The zero-order chi connectivity index (χ0) is 8.23. The van der Waals surface area contributed by atoms with Gasteiger partial charge in [0.1, 0.15) is 0 Å². The molecule has 0 saturated heterocycles. The van der Waals surface area contributed by atoms with Crippen molar-refractivity contribution in [1.29, 1.82) is 0 Å². The zero-order valence-corrected chi connectivity index (χ0v) is 8.77. The first kappa shape index (κ1) is 13.0. The molecular formula is C13H13Li. The topological polar surface area (TPSA) is 0 Å². The second-order valence-electron chi connectivity index (χ2n) is 2.73. The predicted molar refractivity (Wildman–Crippen MR) is 58.3 cm³/mol. The SMILES string of the molecule is [CH3-].[Li+].c1ccc(-c2ccccc2)cc1. The summed E-state index contributed by atoms with van der Waals surface area (Å²) in [5, 5.41) is 0. The second-order valence-corrected chi connectivity index (χ2v) is 2.73. The zero-order valence-electron chi connectivity index (χ0n) is 8.77.